The number of rotatable bonds is 7. The highest BCUT2D eigenvalue weighted by Crippen LogP contribution is 2.30. The lowest BCUT2D eigenvalue weighted by atomic mass is 9.94. The fourth-order valence-corrected chi connectivity index (χ4v) is 6.07. The maximum absolute atomic E-state index is 13.6. The van der Waals surface area contributed by atoms with Crippen molar-refractivity contribution in [1.29, 1.82) is 0 Å². The van der Waals surface area contributed by atoms with Crippen LogP contribution in [0.3, 0.4) is 0 Å². The summed E-state index contributed by atoms with van der Waals surface area (Å²) >= 11 is 0. The molecule has 0 unspecified atom stereocenters. The lowest BCUT2D eigenvalue weighted by Gasteiger charge is -2.39. The molecule has 0 N–H and O–H groups in total. The van der Waals surface area contributed by atoms with Crippen LogP contribution in [0.1, 0.15) is 69.4 Å². The van der Waals surface area contributed by atoms with Gasteiger partial charge in [0.25, 0.3) is 0 Å². The predicted octanol–water partition coefficient (Wildman–Crippen LogP) is 4.03. The molecular weight excluding hydrogens is 398 g/mol. The molecule has 0 aromatic heterocycles. The predicted molar refractivity (Wildman–Crippen MR) is 128 cm³/mol. The zero-order valence-electron chi connectivity index (χ0n) is 20.1. The minimum atomic E-state index is -0.220. The Hall–Kier alpha value is -1.88. The molecule has 2 heterocycles. The second-order valence-corrected chi connectivity index (χ2v) is 10.3. The van der Waals surface area contributed by atoms with E-state index in [4.69, 9.17) is 0 Å². The Morgan fingerprint density at radius 1 is 0.969 bits per heavy atom. The van der Waals surface area contributed by atoms with Gasteiger partial charge >= 0.3 is 0 Å². The lowest BCUT2D eigenvalue weighted by molar-refractivity contribution is -0.145. The van der Waals surface area contributed by atoms with Crippen LogP contribution in [-0.2, 0) is 16.0 Å². The number of hydrogen-bond donors (Lipinski definition) is 0. The molecule has 2 aliphatic heterocycles. The molecule has 4 rings (SSSR count). The number of aryl methyl sites for hydroxylation is 1. The molecular formula is C27H41N3O2. The fraction of sp³-hybridized carbons (Fsp3) is 0.704. The molecule has 0 radical (unpaired) electrons. The van der Waals surface area contributed by atoms with Crippen molar-refractivity contribution in [3.8, 4) is 0 Å². The van der Waals surface area contributed by atoms with E-state index >= 15 is 0 Å². The van der Waals surface area contributed by atoms with Crippen LogP contribution < -0.4 is 0 Å². The topological polar surface area (TPSA) is 43.9 Å². The summed E-state index contributed by atoms with van der Waals surface area (Å²) in [6.45, 7) is 8.82. The van der Waals surface area contributed by atoms with Gasteiger partial charge in [-0.3, -0.25) is 9.59 Å². The first-order valence-electron chi connectivity index (χ1n) is 12.9. The lowest BCUT2D eigenvalue weighted by Crippen LogP contribution is -2.52. The molecule has 176 valence electrons. The zero-order chi connectivity index (χ0) is 22.5. The van der Waals surface area contributed by atoms with E-state index in [2.05, 4.69) is 41.0 Å². The number of benzene rings is 1. The molecule has 1 atom stereocenters. The van der Waals surface area contributed by atoms with E-state index in [1.807, 2.05) is 4.90 Å². The van der Waals surface area contributed by atoms with Crippen LogP contribution in [0.15, 0.2) is 24.3 Å². The van der Waals surface area contributed by atoms with Crippen molar-refractivity contribution in [3.63, 3.8) is 0 Å². The Labute approximate surface area is 194 Å². The van der Waals surface area contributed by atoms with E-state index in [9.17, 15) is 9.59 Å². The van der Waals surface area contributed by atoms with E-state index in [0.29, 0.717) is 12.0 Å². The highest BCUT2D eigenvalue weighted by atomic mass is 16.2. The van der Waals surface area contributed by atoms with Crippen LogP contribution in [0.25, 0.3) is 0 Å². The minimum Gasteiger partial charge on any atom is -0.338 e. The van der Waals surface area contributed by atoms with E-state index in [-0.39, 0.29) is 17.9 Å². The number of amides is 2. The quantitative estimate of drug-likeness (QED) is 0.644. The van der Waals surface area contributed by atoms with Gasteiger partial charge in [0.05, 0.1) is 0 Å². The normalized spacial score (nSPS) is 23.1. The van der Waals surface area contributed by atoms with Crippen LogP contribution in [0.4, 0.5) is 0 Å². The summed E-state index contributed by atoms with van der Waals surface area (Å²) in [6.07, 6.45) is 9.97. The number of likely N-dealkylation sites (tertiary alicyclic amines) is 2. The Bertz CT molecular complexity index is 781. The summed E-state index contributed by atoms with van der Waals surface area (Å²) in [5, 5.41) is 0. The number of piperidine rings is 1. The van der Waals surface area contributed by atoms with Gasteiger partial charge in [-0.15, -0.1) is 0 Å². The third-order valence-corrected chi connectivity index (χ3v) is 8.11. The molecule has 1 saturated carbocycles. The first-order chi connectivity index (χ1) is 15.5. The van der Waals surface area contributed by atoms with Gasteiger partial charge in [-0.05, 0) is 82.0 Å². The van der Waals surface area contributed by atoms with Crippen molar-refractivity contribution in [2.45, 2.75) is 83.7 Å². The summed E-state index contributed by atoms with van der Waals surface area (Å²) in [5.74, 6) is 0.863. The van der Waals surface area contributed by atoms with Crippen LogP contribution in [0, 0.1) is 12.8 Å². The largest absolute Gasteiger partial charge is 0.338 e. The van der Waals surface area contributed by atoms with Crippen molar-refractivity contribution in [2.75, 3.05) is 32.7 Å². The van der Waals surface area contributed by atoms with E-state index < -0.39 is 0 Å². The van der Waals surface area contributed by atoms with Crippen LogP contribution in [0.5, 0.6) is 0 Å². The van der Waals surface area contributed by atoms with Gasteiger partial charge in [0, 0.05) is 32.6 Å². The van der Waals surface area contributed by atoms with Gasteiger partial charge in [0.15, 0.2) is 0 Å². The van der Waals surface area contributed by atoms with Gasteiger partial charge in [0.2, 0.25) is 11.8 Å². The Morgan fingerprint density at radius 3 is 2.38 bits per heavy atom. The van der Waals surface area contributed by atoms with Gasteiger partial charge in [-0.1, -0.05) is 37.1 Å². The smallest absolute Gasteiger partial charge is 0.245 e. The second-order valence-electron chi connectivity index (χ2n) is 10.3. The summed E-state index contributed by atoms with van der Waals surface area (Å²) < 4.78 is 0. The first kappa shape index (κ1) is 23.3. The molecule has 5 heteroatoms. The molecule has 1 aliphatic carbocycles. The molecule has 1 aromatic carbocycles. The first-order valence-corrected chi connectivity index (χ1v) is 12.9. The molecule has 0 spiro atoms. The summed E-state index contributed by atoms with van der Waals surface area (Å²) in [4.78, 5) is 32.3. The maximum atomic E-state index is 13.6. The molecule has 0 bridgehead atoms. The highest BCUT2D eigenvalue weighted by molar-refractivity contribution is 5.87. The Kier molecular flexibility index (Phi) is 7.88. The number of nitrogens with zero attached hydrogens (tertiary/aromatic N) is 3. The van der Waals surface area contributed by atoms with Crippen LogP contribution >= 0.6 is 0 Å². The monoisotopic (exact) mass is 439 g/mol. The van der Waals surface area contributed by atoms with Gasteiger partial charge in [0.1, 0.15) is 6.04 Å². The molecule has 2 amide bonds. The third kappa shape index (κ3) is 5.54. The molecule has 2 saturated heterocycles. The molecule has 3 fully saturated rings. The van der Waals surface area contributed by atoms with E-state index in [0.717, 1.165) is 64.8 Å². The minimum absolute atomic E-state index is 0.0502. The van der Waals surface area contributed by atoms with Gasteiger partial charge < -0.3 is 14.7 Å². The van der Waals surface area contributed by atoms with Crippen molar-refractivity contribution in [3.05, 3.63) is 35.4 Å². The SMILES string of the molecule is CC(=O)N1CCC[C@H]1C(=O)N(CC1CCN(CCc2ccccc2C)CC1)C1CCCC1. The molecule has 1 aromatic rings. The third-order valence-electron chi connectivity index (χ3n) is 8.11. The Morgan fingerprint density at radius 2 is 1.69 bits per heavy atom. The number of carbonyl (C=O) groups excluding carboxylic acids is 2. The van der Waals surface area contributed by atoms with Gasteiger partial charge in [-0.25, -0.2) is 0 Å². The summed E-state index contributed by atoms with van der Waals surface area (Å²) in [7, 11) is 0. The number of hydrogen-bond acceptors (Lipinski definition) is 3. The fourth-order valence-electron chi connectivity index (χ4n) is 6.07. The number of carbonyl (C=O) groups is 2. The second kappa shape index (κ2) is 10.8. The Balaban J connectivity index is 1.32. The zero-order valence-corrected chi connectivity index (χ0v) is 20.1. The van der Waals surface area contributed by atoms with E-state index in [1.165, 1.54) is 36.8 Å². The molecule has 5 nitrogen and oxygen atoms in total. The average molecular weight is 440 g/mol. The molecule has 32 heavy (non-hydrogen) atoms. The van der Waals surface area contributed by atoms with Crippen molar-refractivity contribution in [2.24, 2.45) is 5.92 Å². The van der Waals surface area contributed by atoms with Crippen molar-refractivity contribution < 1.29 is 9.59 Å². The standard InChI is InChI=1S/C27H41N3O2/c1-21-8-3-4-9-24(21)15-19-28-17-13-23(14-18-28)20-30(25-10-5-6-11-25)27(32)26-12-7-16-29(26)22(2)31/h3-4,8-9,23,25-26H,5-7,10-20H2,1-2H3/t26-/m0/s1. The highest BCUT2D eigenvalue weighted by Gasteiger charge is 2.39. The summed E-state index contributed by atoms with van der Waals surface area (Å²) in [6, 6.07) is 8.87. The van der Waals surface area contributed by atoms with Gasteiger partial charge in [-0.2, -0.15) is 0 Å². The van der Waals surface area contributed by atoms with E-state index in [1.54, 1.807) is 6.92 Å². The maximum Gasteiger partial charge on any atom is 0.245 e. The van der Waals surface area contributed by atoms with Crippen molar-refractivity contribution in [1.82, 2.24) is 14.7 Å². The van der Waals surface area contributed by atoms with Crippen LogP contribution in [0.2, 0.25) is 0 Å². The molecule has 3 aliphatic rings. The summed E-state index contributed by atoms with van der Waals surface area (Å²) in [5.41, 5.74) is 2.85. The van der Waals surface area contributed by atoms with Crippen molar-refractivity contribution >= 4 is 11.8 Å². The van der Waals surface area contributed by atoms with Crippen LogP contribution in [-0.4, -0.2) is 71.3 Å². The average Bonchev–Trinajstić information content (AvgIpc) is 3.50.